The van der Waals surface area contributed by atoms with Gasteiger partial charge < -0.3 is 5.73 Å². The quantitative estimate of drug-likeness (QED) is 0.833. The van der Waals surface area contributed by atoms with Gasteiger partial charge in [-0.1, -0.05) is 6.92 Å². The molecule has 3 N–H and O–H groups in total. The molecule has 0 atom stereocenters. The van der Waals surface area contributed by atoms with Crippen molar-refractivity contribution in [3.63, 3.8) is 0 Å². The average Bonchev–Trinajstić information content (AvgIpc) is 2.18. The standard InChI is InChI=1S/C10H13F3N2O2S/c1-2-5-18(16,17)15-9-4-3-7(14)6-8(9)10(11,12)13/h3-4,6,15H,2,5,14H2,1H3. The third-order valence-electron chi connectivity index (χ3n) is 2.09. The van der Waals surface area contributed by atoms with E-state index in [2.05, 4.69) is 0 Å². The Morgan fingerprint density at radius 3 is 2.44 bits per heavy atom. The molecule has 0 unspecified atom stereocenters. The lowest BCUT2D eigenvalue weighted by Gasteiger charge is -2.15. The van der Waals surface area contributed by atoms with Crippen LogP contribution in [0.5, 0.6) is 0 Å². The van der Waals surface area contributed by atoms with E-state index in [0.29, 0.717) is 12.5 Å². The summed E-state index contributed by atoms with van der Waals surface area (Å²) in [5.74, 6) is -0.241. The van der Waals surface area contributed by atoms with Crippen LogP contribution in [0.25, 0.3) is 0 Å². The third kappa shape index (κ3) is 3.80. The monoisotopic (exact) mass is 282 g/mol. The molecule has 0 heterocycles. The highest BCUT2D eigenvalue weighted by Gasteiger charge is 2.34. The summed E-state index contributed by atoms with van der Waals surface area (Å²) in [5.41, 5.74) is 3.58. The van der Waals surface area contributed by atoms with E-state index in [1.54, 1.807) is 6.92 Å². The van der Waals surface area contributed by atoms with Crippen molar-refractivity contribution in [3.05, 3.63) is 23.8 Å². The Morgan fingerprint density at radius 1 is 1.33 bits per heavy atom. The molecule has 0 spiro atoms. The van der Waals surface area contributed by atoms with Crippen molar-refractivity contribution in [2.24, 2.45) is 0 Å². The Balaban J connectivity index is 3.18. The number of hydrogen-bond donors (Lipinski definition) is 2. The van der Waals surface area contributed by atoms with Crippen LogP contribution in [0, 0.1) is 0 Å². The van der Waals surface area contributed by atoms with Gasteiger partial charge in [0.2, 0.25) is 10.0 Å². The molecule has 102 valence electrons. The maximum Gasteiger partial charge on any atom is 0.418 e. The first-order valence-electron chi connectivity index (χ1n) is 5.13. The molecule has 18 heavy (non-hydrogen) atoms. The number of hydrogen-bond acceptors (Lipinski definition) is 3. The Bertz CT molecular complexity index is 526. The van der Waals surface area contributed by atoms with E-state index < -0.39 is 27.5 Å². The van der Waals surface area contributed by atoms with E-state index in [1.165, 1.54) is 6.07 Å². The number of halogens is 3. The second-order valence-corrected chi connectivity index (χ2v) is 5.57. The molecule has 0 fully saturated rings. The summed E-state index contributed by atoms with van der Waals surface area (Å²) in [6.07, 6.45) is -4.36. The molecule has 1 aromatic rings. The number of nitrogen functional groups attached to an aromatic ring is 1. The van der Waals surface area contributed by atoms with Gasteiger partial charge in [-0.05, 0) is 24.6 Å². The summed E-state index contributed by atoms with van der Waals surface area (Å²) in [6, 6.07) is 2.91. The molecule has 0 aromatic heterocycles. The van der Waals surface area contributed by atoms with Crippen LogP contribution >= 0.6 is 0 Å². The van der Waals surface area contributed by atoms with Crippen LogP contribution in [0.4, 0.5) is 24.5 Å². The number of alkyl halides is 3. The van der Waals surface area contributed by atoms with Gasteiger partial charge in [0.1, 0.15) is 0 Å². The van der Waals surface area contributed by atoms with Crippen molar-refractivity contribution in [3.8, 4) is 0 Å². The van der Waals surface area contributed by atoms with Gasteiger partial charge in [0.05, 0.1) is 17.0 Å². The predicted octanol–water partition coefficient (Wildman–Crippen LogP) is 2.44. The summed E-state index contributed by atoms with van der Waals surface area (Å²) >= 11 is 0. The molecule has 0 bridgehead atoms. The van der Waals surface area contributed by atoms with Crippen LogP contribution in [-0.2, 0) is 16.2 Å². The fourth-order valence-corrected chi connectivity index (χ4v) is 2.53. The molecule has 0 aliphatic carbocycles. The highest BCUT2D eigenvalue weighted by molar-refractivity contribution is 7.92. The molecule has 1 rings (SSSR count). The van der Waals surface area contributed by atoms with Crippen molar-refractivity contribution in [2.45, 2.75) is 19.5 Å². The Kier molecular flexibility index (Phi) is 4.10. The molecule has 1 aromatic carbocycles. The van der Waals surface area contributed by atoms with E-state index in [0.717, 1.165) is 6.07 Å². The van der Waals surface area contributed by atoms with Gasteiger partial charge in [-0.2, -0.15) is 13.2 Å². The van der Waals surface area contributed by atoms with Crippen LogP contribution < -0.4 is 10.5 Å². The number of rotatable bonds is 4. The fraction of sp³-hybridized carbons (Fsp3) is 0.400. The summed E-state index contributed by atoms with van der Waals surface area (Å²) < 4.78 is 62.9. The van der Waals surface area contributed by atoms with Gasteiger partial charge >= 0.3 is 6.18 Å². The molecule has 8 heteroatoms. The molecular formula is C10H13F3N2O2S. The van der Waals surface area contributed by atoms with Crippen molar-refractivity contribution in [2.75, 3.05) is 16.2 Å². The van der Waals surface area contributed by atoms with E-state index in [1.807, 2.05) is 4.72 Å². The highest BCUT2D eigenvalue weighted by atomic mass is 32.2. The Labute approximate surface area is 103 Å². The zero-order chi connectivity index (χ0) is 14.0. The van der Waals surface area contributed by atoms with Crippen molar-refractivity contribution < 1.29 is 21.6 Å². The number of anilines is 2. The minimum absolute atomic E-state index is 0.0826. The smallest absolute Gasteiger partial charge is 0.399 e. The molecule has 0 amide bonds. The molecule has 0 saturated carbocycles. The summed E-state index contributed by atoms with van der Waals surface area (Å²) in [4.78, 5) is 0. The van der Waals surface area contributed by atoms with Gasteiger partial charge in [0, 0.05) is 5.69 Å². The van der Waals surface area contributed by atoms with Gasteiger partial charge in [0.15, 0.2) is 0 Å². The fourth-order valence-electron chi connectivity index (χ4n) is 1.37. The van der Waals surface area contributed by atoms with Crippen molar-refractivity contribution in [1.82, 2.24) is 0 Å². The lowest BCUT2D eigenvalue weighted by molar-refractivity contribution is -0.136. The van der Waals surface area contributed by atoms with Crippen molar-refractivity contribution >= 4 is 21.4 Å². The summed E-state index contributed by atoms with van der Waals surface area (Å²) in [6.45, 7) is 1.62. The normalized spacial score (nSPS) is 12.4. The lowest BCUT2D eigenvalue weighted by atomic mass is 10.1. The zero-order valence-corrected chi connectivity index (χ0v) is 10.4. The van der Waals surface area contributed by atoms with E-state index in [-0.39, 0.29) is 11.4 Å². The molecule has 0 radical (unpaired) electrons. The van der Waals surface area contributed by atoms with E-state index in [4.69, 9.17) is 5.73 Å². The Hall–Kier alpha value is -1.44. The van der Waals surface area contributed by atoms with Crippen LogP contribution in [-0.4, -0.2) is 14.2 Å². The molecule has 4 nitrogen and oxygen atoms in total. The van der Waals surface area contributed by atoms with Gasteiger partial charge in [-0.15, -0.1) is 0 Å². The maximum absolute atomic E-state index is 12.7. The Morgan fingerprint density at radius 2 is 1.94 bits per heavy atom. The van der Waals surface area contributed by atoms with Crippen LogP contribution in [0.1, 0.15) is 18.9 Å². The minimum atomic E-state index is -4.67. The van der Waals surface area contributed by atoms with Crippen LogP contribution in [0.3, 0.4) is 0 Å². The lowest BCUT2D eigenvalue weighted by Crippen LogP contribution is -2.19. The molecule has 0 saturated heterocycles. The number of nitrogens with two attached hydrogens (primary N) is 1. The first-order chi connectivity index (χ1) is 8.15. The topological polar surface area (TPSA) is 72.2 Å². The summed E-state index contributed by atoms with van der Waals surface area (Å²) in [7, 11) is -3.77. The number of sulfonamides is 1. The SMILES string of the molecule is CCCS(=O)(=O)Nc1ccc(N)cc1C(F)(F)F. The predicted molar refractivity (Wildman–Crippen MR) is 63.6 cm³/mol. The minimum Gasteiger partial charge on any atom is -0.399 e. The second kappa shape index (κ2) is 5.05. The third-order valence-corrected chi connectivity index (χ3v) is 3.56. The van der Waals surface area contributed by atoms with Crippen LogP contribution in [0.15, 0.2) is 18.2 Å². The van der Waals surface area contributed by atoms with Crippen LogP contribution in [0.2, 0.25) is 0 Å². The second-order valence-electron chi connectivity index (χ2n) is 3.72. The molecule has 0 aliphatic rings. The first-order valence-corrected chi connectivity index (χ1v) is 6.78. The molecule has 0 aliphatic heterocycles. The number of nitrogens with one attached hydrogen (secondary N) is 1. The average molecular weight is 282 g/mol. The largest absolute Gasteiger partial charge is 0.418 e. The van der Waals surface area contributed by atoms with E-state index in [9.17, 15) is 21.6 Å². The highest BCUT2D eigenvalue weighted by Crippen LogP contribution is 2.36. The summed E-state index contributed by atoms with van der Waals surface area (Å²) in [5, 5.41) is 0. The number of benzene rings is 1. The van der Waals surface area contributed by atoms with Crippen molar-refractivity contribution in [1.29, 1.82) is 0 Å². The van der Waals surface area contributed by atoms with Gasteiger partial charge in [-0.25, -0.2) is 8.42 Å². The van der Waals surface area contributed by atoms with Gasteiger partial charge in [0.25, 0.3) is 0 Å². The molecular weight excluding hydrogens is 269 g/mol. The van der Waals surface area contributed by atoms with E-state index >= 15 is 0 Å². The maximum atomic E-state index is 12.7. The first kappa shape index (κ1) is 14.6. The zero-order valence-electron chi connectivity index (χ0n) is 9.58. The van der Waals surface area contributed by atoms with Gasteiger partial charge in [-0.3, -0.25) is 4.72 Å².